The molecule has 0 amide bonds. The first-order chi connectivity index (χ1) is 8.02. The predicted molar refractivity (Wildman–Crippen MR) is 57.7 cm³/mol. The molecule has 17 heavy (non-hydrogen) atoms. The third-order valence-corrected chi connectivity index (χ3v) is 2.84. The van der Waals surface area contributed by atoms with Crippen molar-refractivity contribution < 1.29 is 14.9 Å². The molecule has 1 aromatic rings. The van der Waals surface area contributed by atoms with E-state index in [1.54, 1.807) is 6.92 Å². The van der Waals surface area contributed by atoms with Gasteiger partial charge in [-0.15, -0.1) is 0 Å². The van der Waals surface area contributed by atoms with Crippen LogP contribution in [0.1, 0.15) is 18.2 Å². The summed E-state index contributed by atoms with van der Waals surface area (Å²) in [4.78, 5) is 24.9. The first-order valence-electron chi connectivity index (χ1n) is 5.29. The maximum absolute atomic E-state index is 11.6. The molecule has 1 aromatic heterocycles. The molecule has 0 aliphatic carbocycles. The van der Waals surface area contributed by atoms with Gasteiger partial charge in [0.15, 0.2) is 0 Å². The molecule has 2 rings (SSSR count). The van der Waals surface area contributed by atoms with Crippen molar-refractivity contribution >= 4 is 0 Å². The third kappa shape index (κ3) is 2.17. The van der Waals surface area contributed by atoms with Gasteiger partial charge in [-0.2, -0.15) is 0 Å². The molecule has 1 saturated heterocycles. The highest BCUT2D eigenvalue weighted by Crippen LogP contribution is 2.27. The summed E-state index contributed by atoms with van der Waals surface area (Å²) >= 11 is 0. The van der Waals surface area contributed by atoms with Crippen LogP contribution >= 0.6 is 0 Å². The molecule has 0 spiro atoms. The van der Waals surface area contributed by atoms with Crippen molar-refractivity contribution in [3.05, 3.63) is 32.6 Å². The molecule has 0 saturated carbocycles. The molecule has 0 unspecified atom stereocenters. The van der Waals surface area contributed by atoms with Gasteiger partial charge in [-0.05, 0) is 6.92 Å². The minimum absolute atomic E-state index is 0.205. The number of rotatable bonds is 2. The maximum atomic E-state index is 11.6. The molecule has 0 aromatic carbocycles. The molecule has 7 heteroatoms. The maximum Gasteiger partial charge on any atom is 0.330 e. The first-order valence-corrected chi connectivity index (χ1v) is 5.29. The third-order valence-electron chi connectivity index (χ3n) is 2.84. The van der Waals surface area contributed by atoms with E-state index in [0.717, 1.165) is 0 Å². The zero-order valence-corrected chi connectivity index (χ0v) is 9.29. The normalized spacial score (nSPS) is 28.5. The zero-order chi connectivity index (χ0) is 12.6. The van der Waals surface area contributed by atoms with Gasteiger partial charge >= 0.3 is 5.69 Å². The van der Waals surface area contributed by atoms with Crippen LogP contribution in [0.4, 0.5) is 0 Å². The molecule has 0 radical (unpaired) electrons. The second kappa shape index (κ2) is 4.44. The summed E-state index contributed by atoms with van der Waals surface area (Å²) < 4.78 is 6.54. The van der Waals surface area contributed by atoms with E-state index in [2.05, 4.69) is 4.98 Å². The number of ether oxygens (including phenoxy) is 1. The Morgan fingerprint density at radius 3 is 2.88 bits per heavy atom. The number of hydrogen-bond donors (Lipinski definition) is 3. The molecular formula is C10H14N2O5. The molecule has 2 heterocycles. The van der Waals surface area contributed by atoms with Gasteiger partial charge in [0.1, 0.15) is 12.3 Å². The summed E-state index contributed by atoms with van der Waals surface area (Å²) in [6, 6.07) is 0. The smallest absolute Gasteiger partial charge is 0.330 e. The van der Waals surface area contributed by atoms with Crippen molar-refractivity contribution in [2.24, 2.45) is 0 Å². The molecule has 94 valence electrons. The van der Waals surface area contributed by atoms with E-state index in [1.807, 2.05) is 0 Å². The Kier molecular flexibility index (Phi) is 3.14. The predicted octanol–water partition coefficient (Wildman–Crippen LogP) is -1.51. The Labute approximate surface area is 96.3 Å². The highest BCUT2D eigenvalue weighted by molar-refractivity contribution is 5.02. The second-order valence-corrected chi connectivity index (χ2v) is 4.09. The lowest BCUT2D eigenvalue weighted by atomic mass is 10.2. The molecule has 1 aliphatic heterocycles. The lowest BCUT2D eigenvalue weighted by molar-refractivity contribution is -0.0459. The molecule has 7 nitrogen and oxygen atoms in total. The zero-order valence-electron chi connectivity index (χ0n) is 9.29. The van der Waals surface area contributed by atoms with Gasteiger partial charge in [-0.3, -0.25) is 14.3 Å². The van der Waals surface area contributed by atoms with Crippen molar-refractivity contribution in [1.29, 1.82) is 0 Å². The van der Waals surface area contributed by atoms with Crippen LogP contribution in [0.3, 0.4) is 0 Å². The molecule has 1 fully saturated rings. The van der Waals surface area contributed by atoms with Crippen LogP contribution in [0.5, 0.6) is 0 Å². The van der Waals surface area contributed by atoms with Crippen molar-refractivity contribution in [3.63, 3.8) is 0 Å². The van der Waals surface area contributed by atoms with Crippen LogP contribution in [0.25, 0.3) is 0 Å². The van der Waals surface area contributed by atoms with E-state index in [1.165, 1.54) is 10.8 Å². The number of H-pyrrole nitrogens is 1. The largest absolute Gasteiger partial charge is 0.394 e. The van der Waals surface area contributed by atoms with Crippen molar-refractivity contribution in [3.8, 4) is 0 Å². The lowest BCUT2D eigenvalue weighted by Gasteiger charge is -2.14. The van der Waals surface area contributed by atoms with Crippen LogP contribution in [0.15, 0.2) is 15.8 Å². The molecule has 3 N–H and O–H groups in total. The van der Waals surface area contributed by atoms with Gasteiger partial charge in [-0.25, -0.2) is 4.79 Å². The average Bonchev–Trinajstić information content (AvgIpc) is 2.65. The Bertz CT molecular complexity index is 520. The highest BCUT2D eigenvalue weighted by atomic mass is 16.5. The van der Waals surface area contributed by atoms with Crippen molar-refractivity contribution in [2.75, 3.05) is 6.61 Å². The summed E-state index contributed by atoms with van der Waals surface area (Å²) in [6.07, 6.45) is -0.581. The Hall–Kier alpha value is -1.44. The van der Waals surface area contributed by atoms with Gasteiger partial charge in [0.25, 0.3) is 5.56 Å². The van der Waals surface area contributed by atoms with Crippen LogP contribution in [0.2, 0.25) is 0 Å². The fraction of sp³-hybridized carbons (Fsp3) is 0.600. The van der Waals surface area contributed by atoms with Crippen LogP contribution in [-0.4, -0.2) is 38.6 Å². The SMILES string of the molecule is [14CH3]c1cn([C@@H]2C[C@@H](O)[C@H](CO)O2)c(=O)[nH]c1=O. The second-order valence-electron chi connectivity index (χ2n) is 4.09. The number of aryl methyl sites for hydroxylation is 1. The van der Waals surface area contributed by atoms with E-state index in [9.17, 15) is 14.7 Å². The summed E-state index contributed by atoms with van der Waals surface area (Å²) in [5, 5.41) is 18.5. The van der Waals surface area contributed by atoms with E-state index < -0.39 is 29.7 Å². The fourth-order valence-electron chi connectivity index (χ4n) is 1.85. The number of nitrogens with one attached hydrogen (secondary N) is 1. The summed E-state index contributed by atoms with van der Waals surface area (Å²) in [5.74, 6) is 0. The van der Waals surface area contributed by atoms with Crippen molar-refractivity contribution in [1.82, 2.24) is 9.55 Å². The number of aliphatic hydroxyl groups is 2. The number of aromatic nitrogens is 2. The number of aliphatic hydroxyl groups excluding tert-OH is 2. The molecule has 0 bridgehead atoms. The summed E-state index contributed by atoms with van der Waals surface area (Å²) in [6.45, 7) is 1.26. The topological polar surface area (TPSA) is 105 Å². The number of hydrogen-bond acceptors (Lipinski definition) is 5. The van der Waals surface area contributed by atoms with Crippen LogP contribution < -0.4 is 11.2 Å². The Morgan fingerprint density at radius 1 is 1.59 bits per heavy atom. The van der Waals surface area contributed by atoms with E-state index >= 15 is 0 Å². The summed E-state index contributed by atoms with van der Waals surface area (Å²) in [5.41, 5.74) is -0.643. The Balaban J connectivity index is 2.34. The van der Waals surface area contributed by atoms with Crippen LogP contribution in [-0.2, 0) is 4.74 Å². The number of nitrogens with zero attached hydrogens (tertiary/aromatic N) is 1. The Morgan fingerprint density at radius 2 is 2.29 bits per heavy atom. The van der Waals surface area contributed by atoms with Crippen LogP contribution in [0, 0.1) is 6.92 Å². The fourth-order valence-corrected chi connectivity index (χ4v) is 1.85. The molecule has 3 atom stereocenters. The van der Waals surface area contributed by atoms with E-state index in [0.29, 0.717) is 5.56 Å². The minimum Gasteiger partial charge on any atom is -0.394 e. The van der Waals surface area contributed by atoms with E-state index in [-0.39, 0.29) is 13.0 Å². The van der Waals surface area contributed by atoms with Crippen molar-refractivity contribution in [2.45, 2.75) is 31.8 Å². The van der Waals surface area contributed by atoms with Gasteiger partial charge in [0.05, 0.1) is 12.7 Å². The van der Waals surface area contributed by atoms with Gasteiger partial charge in [0.2, 0.25) is 0 Å². The highest BCUT2D eigenvalue weighted by Gasteiger charge is 2.34. The standard InChI is InChI=1S/C10H14N2O5/c1-5-3-12(10(16)11-9(5)15)8-2-6(14)7(4-13)17-8/h3,6-8,13-14H,2,4H2,1H3,(H,11,15,16)/t6-,7+,8+/m1/s1/i1+2. The number of aromatic amines is 1. The monoisotopic (exact) mass is 244 g/mol. The van der Waals surface area contributed by atoms with Gasteiger partial charge in [-0.1, -0.05) is 0 Å². The molecular weight excluding hydrogens is 230 g/mol. The van der Waals surface area contributed by atoms with Gasteiger partial charge in [0, 0.05) is 18.2 Å². The summed E-state index contributed by atoms with van der Waals surface area (Å²) in [7, 11) is 0. The van der Waals surface area contributed by atoms with E-state index in [4.69, 9.17) is 9.84 Å². The molecule has 1 aliphatic rings. The lowest BCUT2D eigenvalue weighted by Crippen LogP contribution is -2.33. The van der Waals surface area contributed by atoms with Gasteiger partial charge < -0.3 is 14.9 Å². The minimum atomic E-state index is -0.816. The average molecular weight is 244 g/mol. The first kappa shape index (κ1) is 12.0. The quantitative estimate of drug-likeness (QED) is 0.586.